The second-order valence-corrected chi connectivity index (χ2v) is 7.78. The Morgan fingerprint density at radius 1 is 1.31 bits per heavy atom. The first-order valence-electron chi connectivity index (χ1n) is 7.84. The van der Waals surface area contributed by atoms with Crippen LogP contribution < -0.4 is 14.4 Å². The number of amides is 1. The van der Waals surface area contributed by atoms with Crippen molar-refractivity contribution < 1.29 is 17.9 Å². The molecule has 0 atom stereocenters. The maximum absolute atomic E-state index is 12.7. The summed E-state index contributed by atoms with van der Waals surface area (Å²) in [5, 5.41) is 11.8. The minimum absolute atomic E-state index is 0.294. The molecule has 3 rings (SSSR count). The summed E-state index contributed by atoms with van der Waals surface area (Å²) in [5.74, 6) is -0.0931. The van der Waals surface area contributed by atoms with Crippen molar-refractivity contribution in [1.29, 1.82) is 5.26 Å². The molecule has 0 spiro atoms. The molecular weight excluding hydrogens is 354 g/mol. The molecule has 0 saturated carbocycles. The quantitative estimate of drug-likeness (QED) is 0.888. The second kappa shape index (κ2) is 6.69. The van der Waals surface area contributed by atoms with Gasteiger partial charge in [0.15, 0.2) is 0 Å². The van der Waals surface area contributed by atoms with Gasteiger partial charge in [0.2, 0.25) is 10.0 Å². The van der Waals surface area contributed by atoms with E-state index in [0.717, 1.165) is 11.8 Å². The third-order valence-corrected chi connectivity index (χ3v) is 5.39. The first kappa shape index (κ1) is 17.8. The van der Waals surface area contributed by atoms with E-state index in [1.807, 2.05) is 6.07 Å². The average Bonchev–Trinajstić information content (AvgIpc) is 3.06. The molecule has 0 aliphatic carbocycles. The van der Waals surface area contributed by atoms with Gasteiger partial charge in [-0.2, -0.15) is 5.26 Å². The number of anilines is 2. The van der Waals surface area contributed by atoms with Crippen LogP contribution in [0, 0.1) is 11.3 Å². The molecule has 2 aromatic carbocycles. The van der Waals surface area contributed by atoms with E-state index >= 15 is 0 Å². The van der Waals surface area contributed by atoms with Gasteiger partial charge in [0.25, 0.3) is 5.91 Å². The molecule has 1 heterocycles. The lowest BCUT2D eigenvalue weighted by atomic mass is 10.1. The number of fused-ring (bicyclic) bond motifs is 1. The van der Waals surface area contributed by atoms with Gasteiger partial charge >= 0.3 is 0 Å². The predicted octanol–water partition coefficient (Wildman–Crippen LogP) is 2.14. The summed E-state index contributed by atoms with van der Waals surface area (Å²) in [6, 6.07) is 11.7. The highest BCUT2D eigenvalue weighted by Crippen LogP contribution is 2.35. The summed E-state index contributed by atoms with van der Waals surface area (Å²) in [7, 11) is -1.93. The second-order valence-electron chi connectivity index (χ2n) is 5.87. The third kappa shape index (κ3) is 3.21. The van der Waals surface area contributed by atoms with Crippen molar-refractivity contribution in [3.63, 3.8) is 0 Å². The normalized spacial score (nSPS) is 13.0. The lowest BCUT2D eigenvalue weighted by Gasteiger charge is -2.17. The predicted molar refractivity (Wildman–Crippen MR) is 98.0 cm³/mol. The van der Waals surface area contributed by atoms with Crippen molar-refractivity contribution in [1.82, 2.24) is 0 Å². The van der Waals surface area contributed by atoms with Crippen LogP contribution in [0.3, 0.4) is 0 Å². The molecule has 1 aliphatic heterocycles. The van der Waals surface area contributed by atoms with Crippen LogP contribution in [0.25, 0.3) is 0 Å². The van der Waals surface area contributed by atoms with E-state index in [4.69, 9.17) is 10.00 Å². The van der Waals surface area contributed by atoms with E-state index in [1.165, 1.54) is 29.6 Å². The van der Waals surface area contributed by atoms with Gasteiger partial charge in [0, 0.05) is 17.8 Å². The monoisotopic (exact) mass is 371 g/mol. The van der Waals surface area contributed by atoms with Gasteiger partial charge in [-0.1, -0.05) is 6.07 Å². The molecular formula is C18H17N3O4S. The Balaban J connectivity index is 1.93. The smallest absolute Gasteiger partial charge is 0.259 e. The number of methoxy groups -OCH3 is 1. The van der Waals surface area contributed by atoms with Gasteiger partial charge in [-0.05, 0) is 36.8 Å². The lowest BCUT2D eigenvalue weighted by molar-refractivity contribution is 0.102. The molecule has 0 aromatic heterocycles. The fraction of sp³-hybridized carbons (Fsp3) is 0.222. The molecule has 0 bridgehead atoms. The van der Waals surface area contributed by atoms with Crippen LogP contribution in [0.2, 0.25) is 0 Å². The molecule has 26 heavy (non-hydrogen) atoms. The first-order valence-corrected chi connectivity index (χ1v) is 9.69. The first-order chi connectivity index (χ1) is 12.3. The minimum atomic E-state index is -3.36. The number of nitrogens with zero attached hydrogens (tertiary/aromatic N) is 2. The number of sulfonamides is 1. The van der Waals surface area contributed by atoms with Gasteiger partial charge in [-0.25, -0.2) is 8.42 Å². The maximum Gasteiger partial charge on any atom is 0.259 e. The maximum atomic E-state index is 12.7. The highest BCUT2D eigenvalue weighted by atomic mass is 32.2. The Labute approximate surface area is 151 Å². The van der Waals surface area contributed by atoms with Crippen LogP contribution in [0.1, 0.15) is 21.5 Å². The highest BCUT2D eigenvalue weighted by molar-refractivity contribution is 7.92. The van der Waals surface area contributed by atoms with Crippen molar-refractivity contribution in [2.24, 2.45) is 0 Å². The molecule has 1 aliphatic rings. The third-order valence-electron chi connectivity index (χ3n) is 4.21. The number of nitriles is 1. The van der Waals surface area contributed by atoms with E-state index in [-0.39, 0.29) is 0 Å². The van der Waals surface area contributed by atoms with Gasteiger partial charge in [-0.15, -0.1) is 0 Å². The molecule has 0 unspecified atom stereocenters. The van der Waals surface area contributed by atoms with Crippen molar-refractivity contribution >= 4 is 27.3 Å². The number of carbonyl (C=O) groups is 1. The number of hydrogen-bond acceptors (Lipinski definition) is 5. The van der Waals surface area contributed by atoms with Crippen LogP contribution >= 0.6 is 0 Å². The van der Waals surface area contributed by atoms with E-state index < -0.39 is 15.9 Å². The molecule has 2 aromatic rings. The zero-order valence-electron chi connectivity index (χ0n) is 14.3. The van der Waals surface area contributed by atoms with Gasteiger partial charge < -0.3 is 10.1 Å². The Morgan fingerprint density at radius 3 is 2.73 bits per heavy atom. The van der Waals surface area contributed by atoms with Crippen molar-refractivity contribution in [2.75, 3.05) is 29.5 Å². The van der Waals surface area contributed by atoms with Gasteiger partial charge in [0.1, 0.15) is 5.75 Å². The number of benzene rings is 2. The molecule has 1 amide bonds. The fourth-order valence-electron chi connectivity index (χ4n) is 3.00. The highest BCUT2D eigenvalue weighted by Gasteiger charge is 2.28. The molecule has 0 saturated heterocycles. The number of nitrogens with one attached hydrogen (secondary N) is 1. The minimum Gasteiger partial charge on any atom is -0.496 e. The van der Waals surface area contributed by atoms with Gasteiger partial charge in [0.05, 0.1) is 36.2 Å². The summed E-state index contributed by atoms with van der Waals surface area (Å²) in [5.41, 5.74) is 2.60. The van der Waals surface area contributed by atoms with E-state index in [0.29, 0.717) is 41.2 Å². The fourth-order valence-corrected chi connectivity index (χ4v) is 3.96. The number of ether oxygens (including phenoxy) is 1. The molecule has 1 N–H and O–H groups in total. The van der Waals surface area contributed by atoms with Crippen LogP contribution in [-0.2, 0) is 16.4 Å². The van der Waals surface area contributed by atoms with E-state index in [1.54, 1.807) is 18.2 Å². The summed E-state index contributed by atoms with van der Waals surface area (Å²) >= 11 is 0. The zero-order valence-corrected chi connectivity index (χ0v) is 15.1. The van der Waals surface area contributed by atoms with Crippen LogP contribution in [0.15, 0.2) is 36.4 Å². The van der Waals surface area contributed by atoms with Crippen LogP contribution in [0.4, 0.5) is 11.4 Å². The Morgan fingerprint density at radius 2 is 2.08 bits per heavy atom. The number of rotatable bonds is 4. The Bertz CT molecular complexity index is 1030. The lowest BCUT2D eigenvalue weighted by Crippen LogP contribution is -2.27. The van der Waals surface area contributed by atoms with Crippen molar-refractivity contribution in [3.8, 4) is 11.8 Å². The van der Waals surface area contributed by atoms with Crippen molar-refractivity contribution in [3.05, 3.63) is 53.1 Å². The summed E-state index contributed by atoms with van der Waals surface area (Å²) < 4.78 is 30.3. The topological polar surface area (TPSA) is 99.5 Å². The SMILES string of the molecule is COc1cc(C#N)ccc1C(=O)Nc1cccc2c1CCN2S(C)(=O)=O. The zero-order chi connectivity index (χ0) is 18.9. The summed E-state index contributed by atoms with van der Waals surface area (Å²) in [6.07, 6.45) is 1.68. The summed E-state index contributed by atoms with van der Waals surface area (Å²) in [6.45, 7) is 0.348. The molecule has 0 fully saturated rings. The number of hydrogen-bond donors (Lipinski definition) is 1. The molecule has 134 valence electrons. The largest absolute Gasteiger partial charge is 0.496 e. The van der Waals surface area contributed by atoms with Crippen LogP contribution in [-0.4, -0.2) is 34.2 Å². The average molecular weight is 371 g/mol. The van der Waals surface area contributed by atoms with E-state index in [2.05, 4.69) is 5.32 Å². The standard InChI is InChI=1S/C18H17N3O4S/c1-25-17-10-12(11-19)6-7-14(17)18(22)20-15-4-3-5-16-13(15)8-9-21(16)26(2,23)24/h3-7,10H,8-9H2,1-2H3,(H,20,22). The summed E-state index contributed by atoms with van der Waals surface area (Å²) in [4.78, 5) is 12.7. The number of carbonyl (C=O) groups excluding carboxylic acids is 1. The Kier molecular flexibility index (Phi) is 4.57. The van der Waals surface area contributed by atoms with Gasteiger partial charge in [-0.3, -0.25) is 9.10 Å². The molecule has 0 radical (unpaired) electrons. The molecule has 8 heteroatoms. The van der Waals surface area contributed by atoms with Crippen LogP contribution in [0.5, 0.6) is 5.75 Å². The molecule has 7 nitrogen and oxygen atoms in total. The Hall–Kier alpha value is -3.05. The van der Waals surface area contributed by atoms with Crippen molar-refractivity contribution in [2.45, 2.75) is 6.42 Å². The van der Waals surface area contributed by atoms with E-state index in [9.17, 15) is 13.2 Å².